The number of piperazine rings is 1. The van der Waals surface area contributed by atoms with Gasteiger partial charge in [-0.2, -0.15) is 0 Å². The van der Waals surface area contributed by atoms with Crippen molar-refractivity contribution in [1.29, 1.82) is 0 Å². The molecule has 0 aliphatic carbocycles. The van der Waals surface area contributed by atoms with Crippen LogP contribution in [0.5, 0.6) is 0 Å². The van der Waals surface area contributed by atoms with Crippen LogP contribution in [0, 0.1) is 17.6 Å². The lowest BCUT2D eigenvalue weighted by Crippen LogP contribution is -2.52. The van der Waals surface area contributed by atoms with Gasteiger partial charge in [-0.05, 0) is 24.3 Å². The zero-order valence-corrected chi connectivity index (χ0v) is 16.4. The summed E-state index contributed by atoms with van der Waals surface area (Å²) in [6.07, 6.45) is 0. The number of halogens is 2. The van der Waals surface area contributed by atoms with E-state index in [9.17, 15) is 18.4 Å². The second-order valence-corrected chi connectivity index (χ2v) is 7.83. The Morgan fingerprint density at radius 3 is 2.11 bits per heavy atom. The number of hydrogen-bond acceptors (Lipinski definition) is 3. The van der Waals surface area contributed by atoms with Gasteiger partial charge in [0.15, 0.2) is 0 Å². The Labute approximate surface area is 167 Å². The minimum absolute atomic E-state index is 0.0348. The maximum atomic E-state index is 13.8. The Morgan fingerprint density at radius 2 is 1.50 bits per heavy atom. The zero-order chi connectivity index (χ0) is 20.1. The average Bonchev–Trinajstić information content (AvgIpc) is 2.72. The van der Waals surface area contributed by atoms with Crippen molar-refractivity contribution in [2.75, 3.05) is 31.9 Å². The van der Waals surface area contributed by atoms with Gasteiger partial charge >= 0.3 is 0 Å². The summed E-state index contributed by atoms with van der Waals surface area (Å²) in [4.78, 5) is 29.3. The van der Waals surface area contributed by atoms with Crippen LogP contribution in [0.3, 0.4) is 0 Å². The molecule has 2 aromatic rings. The normalized spacial score (nSPS) is 15.4. The number of amides is 2. The summed E-state index contributed by atoms with van der Waals surface area (Å²) in [5, 5.41) is 0. The number of carbonyl (C=O) groups excluding carboxylic acids is 2. The molecule has 1 heterocycles. The molecule has 2 aromatic carbocycles. The molecule has 1 aliphatic rings. The van der Waals surface area contributed by atoms with Crippen molar-refractivity contribution in [2.45, 2.75) is 11.8 Å². The van der Waals surface area contributed by atoms with E-state index in [-0.39, 0.29) is 24.9 Å². The summed E-state index contributed by atoms with van der Waals surface area (Å²) in [6.45, 7) is 3.14. The summed E-state index contributed by atoms with van der Waals surface area (Å²) in [7, 11) is 0. The monoisotopic (exact) mass is 404 g/mol. The van der Waals surface area contributed by atoms with Crippen LogP contribution in [0.2, 0.25) is 0 Å². The molecular weight excluding hydrogens is 382 g/mol. The Morgan fingerprint density at radius 1 is 0.929 bits per heavy atom. The highest BCUT2D eigenvalue weighted by molar-refractivity contribution is 7.99. The van der Waals surface area contributed by atoms with E-state index in [1.807, 2.05) is 37.3 Å². The first-order valence-corrected chi connectivity index (χ1v) is 10.2. The summed E-state index contributed by atoms with van der Waals surface area (Å²) in [6, 6.07) is 13.3. The summed E-state index contributed by atoms with van der Waals surface area (Å²) in [5.41, 5.74) is -0.532. The van der Waals surface area contributed by atoms with Crippen molar-refractivity contribution in [2.24, 2.45) is 5.92 Å². The quantitative estimate of drug-likeness (QED) is 0.714. The van der Waals surface area contributed by atoms with Crippen LogP contribution >= 0.6 is 11.8 Å². The molecule has 1 fully saturated rings. The second kappa shape index (κ2) is 9.19. The van der Waals surface area contributed by atoms with E-state index < -0.39 is 23.1 Å². The fraction of sp³-hybridized carbons (Fsp3) is 0.333. The molecule has 28 heavy (non-hydrogen) atoms. The topological polar surface area (TPSA) is 40.6 Å². The Balaban J connectivity index is 1.53. The molecule has 0 aromatic heterocycles. The molecular formula is C21H22F2N2O2S. The smallest absolute Gasteiger partial charge is 0.259 e. The highest BCUT2D eigenvalue weighted by Crippen LogP contribution is 2.22. The lowest BCUT2D eigenvalue weighted by molar-refractivity contribution is -0.135. The van der Waals surface area contributed by atoms with Crippen molar-refractivity contribution in [3.05, 3.63) is 65.7 Å². The number of hydrogen-bond donors (Lipinski definition) is 0. The number of carbonyl (C=O) groups is 2. The molecule has 148 valence electrons. The second-order valence-electron chi connectivity index (χ2n) is 6.74. The summed E-state index contributed by atoms with van der Waals surface area (Å²) in [5.74, 6) is -1.85. The maximum Gasteiger partial charge on any atom is 0.259 e. The minimum atomic E-state index is -0.866. The largest absolute Gasteiger partial charge is 0.339 e. The maximum absolute atomic E-state index is 13.8. The molecule has 7 heteroatoms. The van der Waals surface area contributed by atoms with Crippen molar-refractivity contribution in [3.63, 3.8) is 0 Å². The van der Waals surface area contributed by atoms with Crippen molar-refractivity contribution in [1.82, 2.24) is 9.80 Å². The number of rotatable bonds is 5. The molecule has 1 saturated heterocycles. The number of benzene rings is 2. The Hall–Kier alpha value is -2.41. The summed E-state index contributed by atoms with van der Waals surface area (Å²) < 4.78 is 27.7. The molecule has 0 radical (unpaired) electrons. The molecule has 1 aliphatic heterocycles. The van der Waals surface area contributed by atoms with E-state index in [2.05, 4.69) is 0 Å². The molecule has 1 unspecified atom stereocenters. The van der Waals surface area contributed by atoms with E-state index in [4.69, 9.17) is 0 Å². The van der Waals surface area contributed by atoms with Crippen LogP contribution < -0.4 is 0 Å². The number of nitrogens with zero attached hydrogens (tertiary/aromatic N) is 2. The van der Waals surface area contributed by atoms with E-state index in [0.717, 1.165) is 17.0 Å². The van der Waals surface area contributed by atoms with Crippen LogP contribution in [0.4, 0.5) is 8.78 Å². The fourth-order valence-corrected chi connectivity index (χ4v) is 4.05. The van der Waals surface area contributed by atoms with Gasteiger partial charge in [-0.3, -0.25) is 9.59 Å². The molecule has 3 rings (SSSR count). The molecule has 0 saturated carbocycles. The molecule has 0 N–H and O–H groups in total. The SMILES string of the molecule is CC(CSc1ccccc1)C(=O)N1CCN(C(=O)c2c(F)cccc2F)CC1. The highest BCUT2D eigenvalue weighted by Gasteiger charge is 2.29. The van der Waals surface area contributed by atoms with E-state index in [1.54, 1.807) is 16.7 Å². The molecule has 4 nitrogen and oxygen atoms in total. The predicted octanol–water partition coefficient (Wildman–Crippen LogP) is 3.68. The van der Waals surface area contributed by atoms with Gasteiger partial charge in [-0.25, -0.2) is 8.78 Å². The predicted molar refractivity (Wildman–Crippen MR) is 105 cm³/mol. The van der Waals surface area contributed by atoms with Crippen LogP contribution in [0.15, 0.2) is 53.4 Å². The van der Waals surface area contributed by atoms with Crippen LogP contribution in [-0.2, 0) is 4.79 Å². The van der Waals surface area contributed by atoms with E-state index in [1.165, 1.54) is 11.0 Å². The third-order valence-electron chi connectivity index (χ3n) is 4.72. The average molecular weight is 404 g/mol. The van der Waals surface area contributed by atoms with Gasteiger partial charge in [-0.1, -0.05) is 31.2 Å². The van der Waals surface area contributed by atoms with E-state index in [0.29, 0.717) is 18.8 Å². The lowest BCUT2D eigenvalue weighted by atomic mass is 10.1. The minimum Gasteiger partial charge on any atom is -0.339 e. The van der Waals surface area contributed by atoms with Crippen molar-refractivity contribution >= 4 is 23.6 Å². The third kappa shape index (κ3) is 4.70. The Kier molecular flexibility index (Phi) is 6.67. The van der Waals surface area contributed by atoms with Gasteiger partial charge in [0.2, 0.25) is 5.91 Å². The lowest BCUT2D eigenvalue weighted by Gasteiger charge is -2.36. The van der Waals surface area contributed by atoms with Crippen LogP contribution in [-0.4, -0.2) is 53.5 Å². The van der Waals surface area contributed by atoms with Gasteiger partial charge in [0.1, 0.15) is 17.2 Å². The molecule has 0 bridgehead atoms. The van der Waals surface area contributed by atoms with Crippen LogP contribution in [0.25, 0.3) is 0 Å². The van der Waals surface area contributed by atoms with Crippen molar-refractivity contribution in [3.8, 4) is 0 Å². The van der Waals surface area contributed by atoms with Gasteiger partial charge in [0.05, 0.1) is 0 Å². The van der Waals surface area contributed by atoms with Gasteiger partial charge in [0, 0.05) is 42.7 Å². The van der Waals surface area contributed by atoms with Gasteiger partial charge < -0.3 is 9.80 Å². The first kappa shape index (κ1) is 20.3. The molecule has 2 amide bonds. The Bertz CT molecular complexity index is 819. The van der Waals surface area contributed by atoms with Gasteiger partial charge in [-0.15, -0.1) is 11.8 Å². The van der Waals surface area contributed by atoms with Crippen LogP contribution in [0.1, 0.15) is 17.3 Å². The fourth-order valence-electron chi connectivity index (χ4n) is 3.11. The van der Waals surface area contributed by atoms with Gasteiger partial charge in [0.25, 0.3) is 5.91 Å². The first-order chi connectivity index (χ1) is 13.5. The van der Waals surface area contributed by atoms with Crippen molar-refractivity contribution < 1.29 is 18.4 Å². The third-order valence-corrected chi connectivity index (χ3v) is 5.99. The zero-order valence-electron chi connectivity index (χ0n) is 15.6. The first-order valence-electron chi connectivity index (χ1n) is 9.17. The number of thioether (sulfide) groups is 1. The molecule has 0 spiro atoms. The summed E-state index contributed by atoms with van der Waals surface area (Å²) >= 11 is 1.63. The van der Waals surface area contributed by atoms with E-state index >= 15 is 0 Å². The standard InChI is InChI=1S/C21H22F2N2O2S/c1-15(14-28-16-6-3-2-4-7-16)20(26)24-10-12-25(13-11-24)21(27)19-17(22)8-5-9-18(19)23/h2-9,15H,10-14H2,1H3. The molecule has 1 atom stereocenters. The highest BCUT2D eigenvalue weighted by atomic mass is 32.2.